The van der Waals surface area contributed by atoms with Gasteiger partial charge in [-0.15, -0.1) is 0 Å². The van der Waals surface area contributed by atoms with Crippen molar-refractivity contribution in [1.82, 2.24) is 10.2 Å². The van der Waals surface area contributed by atoms with E-state index < -0.39 is 6.10 Å². The van der Waals surface area contributed by atoms with Gasteiger partial charge in [0.2, 0.25) is 5.91 Å². The van der Waals surface area contributed by atoms with E-state index >= 15 is 0 Å². The van der Waals surface area contributed by atoms with E-state index in [1.54, 1.807) is 0 Å². The van der Waals surface area contributed by atoms with Gasteiger partial charge in [-0.1, -0.05) is 6.92 Å². The Kier molecular flexibility index (Phi) is 8.22. The van der Waals surface area contributed by atoms with Crippen molar-refractivity contribution in [2.45, 2.75) is 59.3 Å². The van der Waals surface area contributed by atoms with Gasteiger partial charge in [-0.05, 0) is 41.2 Å². The number of carbonyl (C=O) groups excluding carboxylic acids is 1. The van der Waals surface area contributed by atoms with Crippen LogP contribution in [-0.2, 0) is 9.53 Å². The summed E-state index contributed by atoms with van der Waals surface area (Å²) >= 11 is 0. The van der Waals surface area contributed by atoms with Gasteiger partial charge < -0.3 is 15.2 Å². The molecule has 1 unspecified atom stereocenters. The molecule has 5 heteroatoms. The van der Waals surface area contributed by atoms with Crippen LogP contribution in [-0.4, -0.2) is 59.9 Å². The maximum Gasteiger partial charge on any atom is 0.234 e. The number of rotatable bonds is 8. The lowest BCUT2D eigenvalue weighted by atomic mass is 10.1. The molecule has 0 saturated carbocycles. The van der Waals surface area contributed by atoms with Gasteiger partial charge in [0, 0.05) is 12.1 Å². The Morgan fingerprint density at radius 1 is 1.37 bits per heavy atom. The molecule has 0 aromatic rings. The zero-order valence-electron chi connectivity index (χ0n) is 13.2. The number of aliphatic hydroxyl groups is 1. The second kappa shape index (κ2) is 8.51. The van der Waals surface area contributed by atoms with Crippen molar-refractivity contribution in [3.8, 4) is 0 Å². The molecule has 1 atom stereocenters. The predicted molar refractivity (Wildman–Crippen MR) is 77.1 cm³/mol. The Labute approximate surface area is 117 Å². The number of amides is 1. The van der Waals surface area contributed by atoms with E-state index in [9.17, 15) is 9.90 Å². The molecular formula is C14H30N2O3. The summed E-state index contributed by atoms with van der Waals surface area (Å²) in [4.78, 5) is 13.7. The van der Waals surface area contributed by atoms with Gasteiger partial charge in [0.25, 0.3) is 0 Å². The van der Waals surface area contributed by atoms with Crippen molar-refractivity contribution < 1.29 is 14.6 Å². The van der Waals surface area contributed by atoms with E-state index in [2.05, 4.69) is 5.32 Å². The third-order valence-electron chi connectivity index (χ3n) is 2.42. The first-order valence-electron chi connectivity index (χ1n) is 6.97. The van der Waals surface area contributed by atoms with Crippen molar-refractivity contribution in [3.05, 3.63) is 0 Å². The molecule has 0 aromatic heterocycles. The Hall–Kier alpha value is -0.650. The molecule has 0 aliphatic carbocycles. The smallest absolute Gasteiger partial charge is 0.234 e. The lowest BCUT2D eigenvalue weighted by molar-refractivity contribution is -0.124. The average molecular weight is 274 g/mol. The van der Waals surface area contributed by atoms with Crippen LogP contribution in [0.3, 0.4) is 0 Å². The van der Waals surface area contributed by atoms with Crippen LogP contribution >= 0.6 is 0 Å². The third-order valence-corrected chi connectivity index (χ3v) is 2.42. The van der Waals surface area contributed by atoms with Crippen LogP contribution in [0.25, 0.3) is 0 Å². The van der Waals surface area contributed by atoms with Crippen LogP contribution in [0.15, 0.2) is 0 Å². The molecule has 0 heterocycles. The minimum atomic E-state index is -0.565. The first-order chi connectivity index (χ1) is 8.64. The van der Waals surface area contributed by atoms with Crippen LogP contribution in [0.1, 0.15) is 41.5 Å². The van der Waals surface area contributed by atoms with Crippen LogP contribution in [0.5, 0.6) is 0 Å². The molecule has 0 radical (unpaired) electrons. The number of nitrogens with one attached hydrogen (secondary N) is 1. The molecule has 1 amide bonds. The molecule has 0 aromatic carbocycles. The van der Waals surface area contributed by atoms with Gasteiger partial charge in [-0.25, -0.2) is 0 Å². The van der Waals surface area contributed by atoms with Crippen LogP contribution in [0.2, 0.25) is 0 Å². The zero-order valence-corrected chi connectivity index (χ0v) is 13.2. The molecule has 0 fully saturated rings. The van der Waals surface area contributed by atoms with Crippen LogP contribution in [0, 0.1) is 0 Å². The molecule has 0 saturated heterocycles. The van der Waals surface area contributed by atoms with E-state index in [4.69, 9.17) is 4.74 Å². The van der Waals surface area contributed by atoms with Gasteiger partial charge in [-0.2, -0.15) is 0 Å². The van der Waals surface area contributed by atoms with E-state index in [0.29, 0.717) is 19.7 Å². The molecule has 19 heavy (non-hydrogen) atoms. The molecule has 2 N–H and O–H groups in total. The summed E-state index contributed by atoms with van der Waals surface area (Å²) in [7, 11) is 0. The monoisotopic (exact) mass is 274 g/mol. The fraction of sp³-hybridized carbons (Fsp3) is 0.929. The molecule has 0 aliphatic rings. The number of aliphatic hydroxyl groups excluding tert-OH is 1. The van der Waals surface area contributed by atoms with Gasteiger partial charge in [0.05, 0.1) is 25.4 Å². The first kappa shape index (κ1) is 18.4. The minimum Gasteiger partial charge on any atom is -0.389 e. The maximum atomic E-state index is 11.8. The summed E-state index contributed by atoms with van der Waals surface area (Å²) in [5, 5.41) is 12.8. The summed E-state index contributed by atoms with van der Waals surface area (Å²) in [6.45, 7) is 13.5. The van der Waals surface area contributed by atoms with E-state index in [1.165, 1.54) is 0 Å². The van der Waals surface area contributed by atoms with Crippen molar-refractivity contribution in [2.75, 3.05) is 26.2 Å². The number of carbonyl (C=O) groups is 1. The Morgan fingerprint density at radius 2 is 1.95 bits per heavy atom. The van der Waals surface area contributed by atoms with Crippen LogP contribution < -0.4 is 5.32 Å². The Bertz CT molecular complexity index is 262. The number of ether oxygens (including phenoxy) is 1. The molecule has 5 nitrogen and oxygen atoms in total. The minimum absolute atomic E-state index is 0.0219. The standard InChI is InChI=1S/C14H30N2O3/c1-7-16(8-12(17)10-19-11(2)3)9-13(18)15-14(4,5)6/h11-12,17H,7-10H2,1-6H3,(H,15,18). The number of nitrogens with zero attached hydrogens (tertiary/aromatic N) is 1. The van der Waals surface area contributed by atoms with E-state index in [0.717, 1.165) is 6.54 Å². The number of hydrogen-bond donors (Lipinski definition) is 2. The first-order valence-corrected chi connectivity index (χ1v) is 6.97. The summed E-state index contributed by atoms with van der Waals surface area (Å²) in [5.74, 6) is -0.0219. The highest BCUT2D eigenvalue weighted by molar-refractivity contribution is 5.78. The Morgan fingerprint density at radius 3 is 2.37 bits per heavy atom. The van der Waals surface area contributed by atoms with Crippen molar-refractivity contribution in [1.29, 1.82) is 0 Å². The molecule has 0 bridgehead atoms. The Balaban J connectivity index is 4.10. The topological polar surface area (TPSA) is 61.8 Å². The van der Waals surface area contributed by atoms with Crippen LogP contribution in [0.4, 0.5) is 0 Å². The molecule has 114 valence electrons. The SMILES string of the molecule is CCN(CC(=O)NC(C)(C)C)CC(O)COC(C)C. The summed E-state index contributed by atoms with van der Waals surface area (Å²) < 4.78 is 5.36. The molecule has 0 rings (SSSR count). The lowest BCUT2D eigenvalue weighted by Gasteiger charge is -2.26. The summed E-state index contributed by atoms with van der Waals surface area (Å²) in [6, 6.07) is 0. The van der Waals surface area contributed by atoms with Crippen molar-refractivity contribution >= 4 is 5.91 Å². The second-order valence-corrected chi connectivity index (χ2v) is 6.16. The van der Waals surface area contributed by atoms with Gasteiger partial charge in [0.1, 0.15) is 0 Å². The lowest BCUT2D eigenvalue weighted by Crippen LogP contribution is -2.47. The average Bonchev–Trinajstić information content (AvgIpc) is 2.22. The maximum absolute atomic E-state index is 11.8. The van der Waals surface area contributed by atoms with Crippen molar-refractivity contribution in [2.24, 2.45) is 0 Å². The normalized spacial score (nSPS) is 13.9. The number of hydrogen-bond acceptors (Lipinski definition) is 4. The molecular weight excluding hydrogens is 244 g/mol. The molecule has 0 aliphatic heterocycles. The van der Waals surface area contributed by atoms with Crippen molar-refractivity contribution in [3.63, 3.8) is 0 Å². The van der Waals surface area contributed by atoms with Gasteiger partial charge in [-0.3, -0.25) is 9.69 Å². The number of likely N-dealkylation sites (N-methyl/N-ethyl adjacent to an activating group) is 1. The highest BCUT2D eigenvalue weighted by atomic mass is 16.5. The highest BCUT2D eigenvalue weighted by Gasteiger charge is 2.18. The zero-order chi connectivity index (χ0) is 15.1. The summed E-state index contributed by atoms with van der Waals surface area (Å²) in [5.41, 5.74) is -0.226. The quantitative estimate of drug-likeness (QED) is 0.693. The fourth-order valence-corrected chi connectivity index (χ4v) is 1.62. The van der Waals surface area contributed by atoms with Gasteiger partial charge in [0.15, 0.2) is 0 Å². The van der Waals surface area contributed by atoms with Gasteiger partial charge >= 0.3 is 0 Å². The fourth-order valence-electron chi connectivity index (χ4n) is 1.62. The molecule has 0 spiro atoms. The largest absolute Gasteiger partial charge is 0.389 e. The second-order valence-electron chi connectivity index (χ2n) is 6.16. The van der Waals surface area contributed by atoms with E-state index in [-0.39, 0.29) is 17.6 Å². The van der Waals surface area contributed by atoms with E-state index in [1.807, 2.05) is 46.4 Å². The highest BCUT2D eigenvalue weighted by Crippen LogP contribution is 2.00. The predicted octanol–water partition coefficient (Wildman–Crippen LogP) is 1.01. The summed E-state index contributed by atoms with van der Waals surface area (Å²) in [6.07, 6.45) is -0.460. The third kappa shape index (κ3) is 10.9.